The van der Waals surface area contributed by atoms with E-state index in [0.29, 0.717) is 12.3 Å². The van der Waals surface area contributed by atoms with E-state index in [0.717, 1.165) is 45.4 Å². The number of piperidine rings is 1. The van der Waals surface area contributed by atoms with Gasteiger partial charge in [0.15, 0.2) is 0 Å². The zero-order chi connectivity index (χ0) is 14.8. The molecule has 2 heterocycles. The van der Waals surface area contributed by atoms with Gasteiger partial charge in [-0.15, -0.1) is 0 Å². The van der Waals surface area contributed by atoms with Crippen molar-refractivity contribution in [3.8, 4) is 0 Å². The number of carboxylic acids is 1. The molecule has 1 N–H and O–H groups in total. The fourth-order valence-electron chi connectivity index (χ4n) is 3.28. The zero-order valence-corrected chi connectivity index (χ0v) is 12.6. The van der Waals surface area contributed by atoms with E-state index in [4.69, 9.17) is 5.11 Å². The number of hydrogen-bond donors (Lipinski definition) is 1. The molecule has 0 aromatic rings. The van der Waals surface area contributed by atoms with Gasteiger partial charge in [-0.2, -0.15) is 0 Å². The van der Waals surface area contributed by atoms with Crippen molar-refractivity contribution in [2.75, 3.05) is 26.2 Å². The van der Waals surface area contributed by atoms with Gasteiger partial charge in [0.05, 0.1) is 0 Å². The number of likely N-dealkylation sites (tertiary alicyclic amines) is 2. The van der Waals surface area contributed by atoms with E-state index in [9.17, 15) is 9.59 Å². The molecule has 0 bridgehead atoms. The summed E-state index contributed by atoms with van der Waals surface area (Å²) in [4.78, 5) is 27.0. The standard InChI is InChI=1S/C15H26N2O3/c1-15(2)7-9-17(11-15)14(20)16-8-3-4-12(10-16)5-6-13(18)19/h12H,3-11H2,1-2H3,(H,18,19). The molecule has 2 saturated heterocycles. The van der Waals surface area contributed by atoms with Crippen LogP contribution in [0, 0.1) is 11.3 Å². The summed E-state index contributed by atoms with van der Waals surface area (Å²) in [5.41, 5.74) is 0.230. The van der Waals surface area contributed by atoms with Crippen LogP contribution in [0.3, 0.4) is 0 Å². The predicted molar refractivity (Wildman–Crippen MR) is 76.5 cm³/mol. The summed E-state index contributed by atoms with van der Waals surface area (Å²) < 4.78 is 0. The van der Waals surface area contributed by atoms with Crippen LogP contribution in [0.25, 0.3) is 0 Å². The monoisotopic (exact) mass is 282 g/mol. The number of hydrogen-bond acceptors (Lipinski definition) is 2. The molecule has 2 rings (SSSR count). The van der Waals surface area contributed by atoms with E-state index in [1.807, 2.05) is 9.80 Å². The predicted octanol–water partition coefficient (Wildman–Crippen LogP) is 2.42. The number of amides is 2. The normalized spacial score (nSPS) is 25.8. The van der Waals surface area contributed by atoms with Crippen molar-refractivity contribution in [2.45, 2.75) is 46.0 Å². The van der Waals surface area contributed by atoms with Gasteiger partial charge in [-0.3, -0.25) is 4.79 Å². The molecule has 0 aliphatic carbocycles. The average molecular weight is 282 g/mol. The summed E-state index contributed by atoms with van der Waals surface area (Å²) in [5, 5.41) is 8.76. The number of rotatable bonds is 3. The van der Waals surface area contributed by atoms with E-state index in [1.165, 1.54) is 0 Å². The molecule has 5 heteroatoms. The second kappa shape index (κ2) is 6.02. The molecule has 0 spiro atoms. The quantitative estimate of drug-likeness (QED) is 0.864. The molecule has 2 aliphatic rings. The van der Waals surface area contributed by atoms with Crippen molar-refractivity contribution in [3.05, 3.63) is 0 Å². The lowest BCUT2D eigenvalue weighted by molar-refractivity contribution is -0.137. The molecule has 0 aromatic heterocycles. The molecule has 2 amide bonds. The van der Waals surface area contributed by atoms with Crippen molar-refractivity contribution in [1.29, 1.82) is 0 Å². The fourth-order valence-corrected chi connectivity index (χ4v) is 3.28. The summed E-state index contributed by atoms with van der Waals surface area (Å²) in [6, 6.07) is 0.149. The molecule has 0 aromatic carbocycles. The lowest BCUT2D eigenvalue weighted by atomic mass is 9.93. The third-order valence-electron chi connectivity index (χ3n) is 4.50. The number of carbonyl (C=O) groups excluding carboxylic acids is 1. The third-order valence-corrected chi connectivity index (χ3v) is 4.50. The molecule has 5 nitrogen and oxygen atoms in total. The summed E-state index contributed by atoms with van der Waals surface area (Å²) in [5.74, 6) is -0.394. The second-order valence-corrected chi connectivity index (χ2v) is 7.01. The molecule has 2 aliphatic heterocycles. The molecule has 114 valence electrons. The summed E-state index contributed by atoms with van der Waals surface area (Å²) in [6.07, 6.45) is 4.00. The van der Waals surface area contributed by atoms with E-state index in [2.05, 4.69) is 13.8 Å². The van der Waals surface area contributed by atoms with Crippen molar-refractivity contribution in [2.24, 2.45) is 11.3 Å². The largest absolute Gasteiger partial charge is 0.481 e. The SMILES string of the molecule is CC1(C)CCN(C(=O)N2CCCC(CCC(=O)O)C2)C1. The first-order valence-corrected chi connectivity index (χ1v) is 7.63. The van der Waals surface area contributed by atoms with E-state index in [1.54, 1.807) is 0 Å². The summed E-state index contributed by atoms with van der Waals surface area (Å²) in [6.45, 7) is 7.63. The lowest BCUT2D eigenvalue weighted by Gasteiger charge is -2.35. The molecule has 2 fully saturated rings. The van der Waals surface area contributed by atoms with Gasteiger partial charge in [-0.1, -0.05) is 13.8 Å². The smallest absolute Gasteiger partial charge is 0.320 e. The summed E-state index contributed by atoms with van der Waals surface area (Å²) >= 11 is 0. The Morgan fingerprint density at radius 1 is 1.25 bits per heavy atom. The van der Waals surface area contributed by atoms with Crippen LogP contribution >= 0.6 is 0 Å². The Morgan fingerprint density at radius 2 is 2.00 bits per heavy atom. The Hall–Kier alpha value is -1.26. The third kappa shape index (κ3) is 3.87. The van der Waals surface area contributed by atoms with Crippen LogP contribution in [0.2, 0.25) is 0 Å². The Morgan fingerprint density at radius 3 is 2.60 bits per heavy atom. The van der Waals surface area contributed by atoms with Crippen molar-refractivity contribution < 1.29 is 14.7 Å². The Bertz CT molecular complexity index is 381. The highest BCUT2D eigenvalue weighted by molar-refractivity contribution is 5.75. The van der Waals surface area contributed by atoms with Crippen LogP contribution < -0.4 is 0 Å². The van der Waals surface area contributed by atoms with Gasteiger partial charge in [-0.05, 0) is 37.0 Å². The van der Waals surface area contributed by atoms with Gasteiger partial charge in [0.25, 0.3) is 0 Å². The van der Waals surface area contributed by atoms with Gasteiger partial charge < -0.3 is 14.9 Å². The van der Waals surface area contributed by atoms with Crippen LogP contribution in [0.1, 0.15) is 46.0 Å². The van der Waals surface area contributed by atoms with Crippen LogP contribution in [-0.4, -0.2) is 53.1 Å². The molecule has 20 heavy (non-hydrogen) atoms. The van der Waals surface area contributed by atoms with Crippen molar-refractivity contribution in [3.63, 3.8) is 0 Å². The molecule has 0 radical (unpaired) electrons. The molecule has 1 atom stereocenters. The molecule has 1 unspecified atom stereocenters. The van der Waals surface area contributed by atoms with Crippen LogP contribution in [0.5, 0.6) is 0 Å². The first kappa shape index (κ1) is 15.1. The first-order chi connectivity index (χ1) is 9.37. The highest BCUT2D eigenvalue weighted by Gasteiger charge is 2.35. The van der Waals surface area contributed by atoms with Crippen molar-refractivity contribution >= 4 is 12.0 Å². The van der Waals surface area contributed by atoms with Gasteiger partial charge >= 0.3 is 12.0 Å². The highest BCUT2D eigenvalue weighted by atomic mass is 16.4. The van der Waals surface area contributed by atoms with E-state index < -0.39 is 5.97 Å². The maximum Gasteiger partial charge on any atom is 0.320 e. The minimum atomic E-state index is -0.741. The van der Waals surface area contributed by atoms with Gasteiger partial charge in [-0.25, -0.2) is 4.79 Å². The Labute approximate surface area is 120 Å². The fraction of sp³-hybridized carbons (Fsp3) is 0.867. The number of aliphatic carboxylic acids is 1. The zero-order valence-electron chi connectivity index (χ0n) is 12.6. The topological polar surface area (TPSA) is 60.9 Å². The number of nitrogens with zero attached hydrogens (tertiary/aromatic N) is 2. The molecule has 0 saturated carbocycles. The minimum absolute atomic E-state index is 0.149. The van der Waals surface area contributed by atoms with Gasteiger partial charge in [0.2, 0.25) is 0 Å². The van der Waals surface area contributed by atoms with E-state index in [-0.39, 0.29) is 17.9 Å². The Balaban J connectivity index is 1.85. The van der Waals surface area contributed by atoms with Crippen LogP contribution in [0.4, 0.5) is 4.79 Å². The number of carbonyl (C=O) groups is 2. The van der Waals surface area contributed by atoms with Crippen LogP contribution in [0.15, 0.2) is 0 Å². The number of carboxylic acid groups (broad SMARTS) is 1. The minimum Gasteiger partial charge on any atom is -0.481 e. The lowest BCUT2D eigenvalue weighted by Crippen LogP contribution is -2.47. The maximum atomic E-state index is 12.5. The highest BCUT2D eigenvalue weighted by Crippen LogP contribution is 2.30. The van der Waals surface area contributed by atoms with Gasteiger partial charge in [0.1, 0.15) is 0 Å². The van der Waals surface area contributed by atoms with Crippen molar-refractivity contribution in [1.82, 2.24) is 9.80 Å². The summed E-state index contributed by atoms with van der Waals surface area (Å²) in [7, 11) is 0. The second-order valence-electron chi connectivity index (χ2n) is 7.01. The molecular formula is C15H26N2O3. The average Bonchev–Trinajstić information content (AvgIpc) is 2.76. The maximum absolute atomic E-state index is 12.5. The first-order valence-electron chi connectivity index (χ1n) is 7.63. The molecular weight excluding hydrogens is 256 g/mol. The van der Waals surface area contributed by atoms with Gasteiger partial charge in [0, 0.05) is 32.6 Å². The Kier molecular flexibility index (Phi) is 4.55. The van der Waals surface area contributed by atoms with E-state index >= 15 is 0 Å². The van der Waals surface area contributed by atoms with Crippen LogP contribution in [-0.2, 0) is 4.79 Å². The number of urea groups is 1.